The largest absolute Gasteiger partial charge is 0.401 e. The molecule has 1 aromatic carbocycles. The second kappa shape index (κ2) is 6.70. The van der Waals surface area contributed by atoms with E-state index in [0.29, 0.717) is 18.0 Å². The van der Waals surface area contributed by atoms with Gasteiger partial charge in [0.05, 0.1) is 10.9 Å². The molecule has 1 amide bonds. The van der Waals surface area contributed by atoms with E-state index >= 15 is 0 Å². The Hall–Kier alpha value is -2.54. The molecule has 0 aliphatic rings. The quantitative estimate of drug-likeness (QED) is 0.773. The van der Waals surface area contributed by atoms with Gasteiger partial charge in [0.1, 0.15) is 5.69 Å². The summed E-state index contributed by atoms with van der Waals surface area (Å²) in [5.41, 5.74) is 1.58. The molecule has 3 rings (SSSR count). The maximum absolute atomic E-state index is 12.4. The van der Waals surface area contributed by atoms with Crippen molar-refractivity contribution in [2.75, 3.05) is 5.32 Å². The Morgan fingerprint density at radius 1 is 1.30 bits per heavy atom. The predicted octanol–water partition coefficient (Wildman–Crippen LogP) is 3.63. The minimum atomic E-state index is -0.256. The van der Waals surface area contributed by atoms with Crippen LogP contribution in [0.15, 0.2) is 40.1 Å². The van der Waals surface area contributed by atoms with E-state index in [1.165, 1.54) is 11.3 Å². The molecule has 0 fully saturated rings. The summed E-state index contributed by atoms with van der Waals surface area (Å²) in [6, 6.07) is 9.72. The van der Waals surface area contributed by atoms with Gasteiger partial charge in [-0.15, -0.1) is 16.4 Å². The van der Waals surface area contributed by atoms with Crippen LogP contribution in [0.4, 0.5) is 6.01 Å². The van der Waals surface area contributed by atoms with Crippen molar-refractivity contribution < 1.29 is 9.21 Å². The zero-order valence-electron chi connectivity index (χ0n) is 12.8. The Labute approximate surface area is 137 Å². The fourth-order valence-electron chi connectivity index (χ4n) is 2.29. The number of thiazole rings is 1. The molecule has 1 unspecified atom stereocenters. The van der Waals surface area contributed by atoms with Crippen molar-refractivity contribution in [2.45, 2.75) is 26.2 Å². The third-order valence-electron chi connectivity index (χ3n) is 3.42. The molecule has 2 heterocycles. The molecule has 0 spiro atoms. The van der Waals surface area contributed by atoms with Gasteiger partial charge in [0.25, 0.3) is 5.89 Å². The number of anilines is 1. The topological polar surface area (TPSA) is 80.9 Å². The van der Waals surface area contributed by atoms with Crippen LogP contribution in [0.3, 0.4) is 0 Å². The summed E-state index contributed by atoms with van der Waals surface area (Å²) in [5.74, 6) is -0.117. The van der Waals surface area contributed by atoms with Gasteiger partial charge >= 0.3 is 6.01 Å². The molecule has 1 N–H and O–H groups in total. The first kappa shape index (κ1) is 15.4. The van der Waals surface area contributed by atoms with Crippen LogP contribution in [0.5, 0.6) is 0 Å². The van der Waals surface area contributed by atoms with Crippen LogP contribution in [-0.4, -0.2) is 21.1 Å². The lowest BCUT2D eigenvalue weighted by Gasteiger charge is -2.13. The molecule has 2 aromatic heterocycles. The van der Waals surface area contributed by atoms with Crippen LogP contribution in [0.1, 0.15) is 29.8 Å². The zero-order chi connectivity index (χ0) is 16.2. The molecule has 0 aliphatic heterocycles. The Morgan fingerprint density at radius 3 is 2.74 bits per heavy atom. The highest BCUT2D eigenvalue weighted by Crippen LogP contribution is 2.24. The van der Waals surface area contributed by atoms with Gasteiger partial charge in [-0.2, -0.15) is 0 Å². The molecular weight excluding hydrogens is 312 g/mol. The number of hydrogen-bond acceptors (Lipinski definition) is 6. The van der Waals surface area contributed by atoms with E-state index in [1.807, 2.05) is 49.6 Å². The monoisotopic (exact) mass is 328 g/mol. The Kier molecular flexibility index (Phi) is 4.47. The van der Waals surface area contributed by atoms with Crippen molar-refractivity contribution in [1.82, 2.24) is 15.2 Å². The standard InChI is InChI=1S/C16H16N4O2S/c1-3-12(11-7-5-4-6-8-11)14(21)18-16-20-19-15(22-16)13-9-23-10(2)17-13/h4-9,12H,3H2,1-2H3,(H,18,20,21). The second-order valence-electron chi connectivity index (χ2n) is 5.02. The normalized spacial score (nSPS) is 12.1. The number of nitrogens with zero attached hydrogens (tertiary/aromatic N) is 3. The number of benzene rings is 1. The third-order valence-corrected chi connectivity index (χ3v) is 4.19. The van der Waals surface area contributed by atoms with Crippen molar-refractivity contribution in [1.29, 1.82) is 0 Å². The first-order valence-corrected chi connectivity index (χ1v) is 8.17. The van der Waals surface area contributed by atoms with Crippen LogP contribution < -0.4 is 5.32 Å². The van der Waals surface area contributed by atoms with E-state index in [1.54, 1.807) is 0 Å². The van der Waals surface area contributed by atoms with Crippen molar-refractivity contribution in [3.8, 4) is 11.6 Å². The highest BCUT2D eigenvalue weighted by molar-refractivity contribution is 7.09. The summed E-state index contributed by atoms with van der Waals surface area (Å²) in [4.78, 5) is 16.7. The number of nitrogens with one attached hydrogen (secondary N) is 1. The number of hydrogen-bond donors (Lipinski definition) is 1. The van der Waals surface area contributed by atoms with Crippen molar-refractivity contribution in [2.24, 2.45) is 0 Å². The van der Waals surface area contributed by atoms with Gasteiger partial charge in [-0.05, 0) is 18.9 Å². The molecule has 23 heavy (non-hydrogen) atoms. The number of amides is 1. The minimum Gasteiger partial charge on any atom is -0.401 e. The maximum Gasteiger partial charge on any atom is 0.322 e. The predicted molar refractivity (Wildman–Crippen MR) is 88.2 cm³/mol. The lowest BCUT2D eigenvalue weighted by atomic mass is 9.96. The number of carbonyl (C=O) groups excluding carboxylic acids is 1. The van der Waals surface area contributed by atoms with Gasteiger partial charge < -0.3 is 4.42 Å². The van der Waals surface area contributed by atoms with Gasteiger partial charge in [0, 0.05) is 5.38 Å². The van der Waals surface area contributed by atoms with E-state index < -0.39 is 0 Å². The smallest absolute Gasteiger partial charge is 0.322 e. The Morgan fingerprint density at radius 2 is 2.09 bits per heavy atom. The molecule has 7 heteroatoms. The van der Waals surface area contributed by atoms with Crippen LogP contribution in [-0.2, 0) is 4.79 Å². The summed E-state index contributed by atoms with van der Waals surface area (Å²) in [7, 11) is 0. The summed E-state index contributed by atoms with van der Waals surface area (Å²) in [6.07, 6.45) is 0.683. The van der Waals surface area contributed by atoms with E-state index in [2.05, 4.69) is 20.5 Å². The van der Waals surface area contributed by atoms with Crippen LogP contribution >= 0.6 is 11.3 Å². The van der Waals surface area contributed by atoms with Crippen molar-refractivity contribution in [3.05, 3.63) is 46.3 Å². The molecule has 0 saturated heterocycles. The molecular formula is C16H16N4O2S. The van der Waals surface area contributed by atoms with Gasteiger partial charge in [0.2, 0.25) is 5.91 Å². The molecule has 118 valence electrons. The van der Waals surface area contributed by atoms with E-state index in [4.69, 9.17) is 4.42 Å². The fraction of sp³-hybridized carbons (Fsp3) is 0.250. The fourth-order valence-corrected chi connectivity index (χ4v) is 2.88. The van der Waals surface area contributed by atoms with E-state index in [0.717, 1.165) is 10.6 Å². The van der Waals surface area contributed by atoms with Gasteiger partial charge in [-0.1, -0.05) is 42.4 Å². The Balaban J connectivity index is 1.74. The number of aromatic nitrogens is 3. The zero-order valence-corrected chi connectivity index (χ0v) is 13.6. The lowest BCUT2D eigenvalue weighted by Crippen LogP contribution is -2.20. The van der Waals surface area contributed by atoms with Crippen LogP contribution in [0.2, 0.25) is 0 Å². The maximum atomic E-state index is 12.4. The van der Waals surface area contributed by atoms with Crippen LogP contribution in [0, 0.1) is 6.92 Å². The molecule has 0 bridgehead atoms. The molecule has 0 saturated carbocycles. The van der Waals surface area contributed by atoms with Gasteiger partial charge in [-0.25, -0.2) is 4.98 Å². The summed E-state index contributed by atoms with van der Waals surface area (Å²) >= 11 is 1.50. The number of aryl methyl sites for hydroxylation is 1. The molecule has 0 aliphatic carbocycles. The highest BCUT2D eigenvalue weighted by atomic mass is 32.1. The summed E-state index contributed by atoms with van der Waals surface area (Å²) < 4.78 is 5.47. The average molecular weight is 328 g/mol. The lowest BCUT2D eigenvalue weighted by molar-refractivity contribution is -0.117. The first-order valence-electron chi connectivity index (χ1n) is 7.29. The van der Waals surface area contributed by atoms with Crippen molar-refractivity contribution in [3.63, 3.8) is 0 Å². The second-order valence-corrected chi connectivity index (χ2v) is 6.09. The third kappa shape index (κ3) is 3.45. The first-order chi connectivity index (χ1) is 11.2. The van der Waals surface area contributed by atoms with Gasteiger partial charge in [-0.3, -0.25) is 10.1 Å². The van der Waals surface area contributed by atoms with Crippen LogP contribution in [0.25, 0.3) is 11.6 Å². The molecule has 6 nitrogen and oxygen atoms in total. The van der Waals surface area contributed by atoms with E-state index in [-0.39, 0.29) is 17.8 Å². The number of carbonyl (C=O) groups is 1. The highest BCUT2D eigenvalue weighted by Gasteiger charge is 2.21. The molecule has 3 aromatic rings. The summed E-state index contributed by atoms with van der Waals surface area (Å²) in [5, 5.41) is 13.2. The van der Waals surface area contributed by atoms with Crippen molar-refractivity contribution >= 4 is 23.3 Å². The van der Waals surface area contributed by atoms with E-state index in [9.17, 15) is 4.79 Å². The van der Waals surface area contributed by atoms with Gasteiger partial charge in [0.15, 0.2) is 0 Å². The Bertz CT molecular complexity index is 797. The molecule has 0 radical (unpaired) electrons. The SMILES string of the molecule is CCC(C(=O)Nc1nnc(-c2csc(C)n2)o1)c1ccccc1. The summed E-state index contributed by atoms with van der Waals surface area (Å²) in [6.45, 7) is 3.87. The molecule has 1 atom stereocenters. The number of rotatable bonds is 5. The average Bonchev–Trinajstić information content (AvgIpc) is 3.18. The minimum absolute atomic E-state index is 0.0880.